The highest BCUT2D eigenvalue weighted by atomic mass is 19.4. The van der Waals surface area contributed by atoms with E-state index in [4.69, 9.17) is 5.73 Å². The van der Waals surface area contributed by atoms with Gasteiger partial charge in [0.05, 0.1) is 17.9 Å². The van der Waals surface area contributed by atoms with Crippen LogP contribution < -0.4 is 15.5 Å². The number of nitrogen functional groups attached to an aromatic ring is 1. The fourth-order valence-electron chi connectivity index (χ4n) is 4.89. The molecule has 1 atom stereocenters. The van der Waals surface area contributed by atoms with Gasteiger partial charge >= 0.3 is 6.18 Å². The summed E-state index contributed by atoms with van der Waals surface area (Å²) >= 11 is 0. The van der Waals surface area contributed by atoms with Gasteiger partial charge in [-0.05, 0) is 43.5 Å². The monoisotopic (exact) mass is 538 g/mol. The van der Waals surface area contributed by atoms with Crippen LogP contribution in [-0.4, -0.2) is 81.7 Å². The predicted molar refractivity (Wildman–Crippen MR) is 142 cm³/mol. The van der Waals surface area contributed by atoms with Crippen LogP contribution in [0.15, 0.2) is 42.6 Å². The first-order chi connectivity index (χ1) is 18.7. The number of para-hydroxylation sites is 1. The molecule has 1 aromatic carbocycles. The van der Waals surface area contributed by atoms with Gasteiger partial charge in [0.1, 0.15) is 11.6 Å². The van der Waals surface area contributed by atoms with E-state index in [9.17, 15) is 18.3 Å². The summed E-state index contributed by atoms with van der Waals surface area (Å²) in [5.41, 5.74) is 8.09. The summed E-state index contributed by atoms with van der Waals surface area (Å²) in [5, 5.41) is 18.6. The maximum Gasteiger partial charge on any atom is 0.401 e. The van der Waals surface area contributed by atoms with Crippen LogP contribution in [0.25, 0.3) is 11.3 Å². The third-order valence-electron chi connectivity index (χ3n) is 6.97. The number of alkyl halides is 3. The number of nitrogens with zero attached hydrogens (tertiary/aromatic N) is 7. The van der Waals surface area contributed by atoms with Crippen LogP contribution >= 0.6 is 0 Å². The molecule has 3 aromatic rings. The number of halogens is 3. The molecule has 2 saturated heterocycles. The number of phenolic OH excluding ortho intramolecular Hbond substituents is 1. The number of aromatic hydroxyl groups is 1. The molecule has 0 spiro atoms. The Morgan fingerprint density at radius 1 is 1.10 bits per heavy atom. The number of hydrogen-bond acceptors (Lipinski definition) is 9. The van der Waals surface area contributed by atoms with Crippen molar-refractivity contribution in [1.29, 1.82) is 0 Å². The minimum absolute atomic E-state index is 0.118. The van der Waals surface area contributed by atoms with E-state index in [2.05, 4.69) is 48.7 Å². The Balaban J connectivity index is 1.27. The molecular formula is C27H29F3N8O. The average Bonchev–Trinajstić information content (AvgIpc) is 3.07. The van der Waals surface area contributed by atoms with E-state index in [0.29, 0.717) is 49.1 Å². The molecule has 4 heterocycles. The second kappa shape index (κ2) is 10.9. The molecule has 2 aliphatic rings. The molecule has 0 radical (unpaired) electrons. The Morgan fingerprint density at radius 3 is 2.67 bits per heavy atom. The van der Waals surface area contributed by atoms with Gasteiger partial charge in [-0.2, -0.15) is 13.2 Å². The molecule has 5 rings (SSSR count). The van der Waals surface area contributed by atoms with Crippen LogP contribution in [0, 0.1) is 17.8 Å². The van der Waals surface area contributed by atoms with Gasteiger partial charge < -0.3 is 20.6 Å². The Kier molecular flexibility index (Phi) is 7.43. The van der Waals surface area contributed by atoms with E-state index >= 15 is 0 Å². The van der Waals surface area contributed by atoms with E-state index in [-0.39, 0.29) is 17.7 Å². The van der Waals surface area contributed by atoms with E-state index in [1.807, 2.05) is 18.2 Å². The molecule has 9 nitrogen and oxygen atoms in total. The average molecular weight is 539 g/mol. The summed E-state index contributed by atoms with van der Waals surface area (Å²) in [6.07, 6.45) is -1.71. The highest BCUT2D eigenvalue weighted by molar-refractivity contribution is 5.74. The van der Waals surface area contributed by atoms with Crippen LogP contribution in [0.4, 0.5) is 30.5 Å². The van der Waals surface area contributed by atoms with Crippen LogP contribution in [0.2, 0.25) is 0 Å². The number of rotatable bonds is 4. The minimum Gasteiger partial charge on any atom is -0.507 e. The second-order valence-corrected chi connectivity index (χ2v) is 9.85. The summed E-state index contributed by atoms with van der Waals surface area (Å²) in [7, 11) is 0. The number of likely N-dealkylation sites (tertiary alicyclic amines) is 1. The number of nitrogens with two attached hydrogens (primary N) is 1. The lowest BCUT2D eigenvalue weighted by molar-refractivity contribution is -0.156. The summed E-state index contributed by atoms with van der Waals surface area (Å²) in [5.74, 6) is 7.36. The highest BCUT2D eigenvalue weighted by Gasteiger charge is 2.36. The second-order valence-electron chi connectivity index (χ2n) is 9.85. The van der Waals surface area contributed by atoms with E-state index in [0.717, 1.165) is 24.5 Å². The smallest absolute Gasteiger partial charge is 0.401 e. The molecule has 0 unspecified atom stereocenters. The van der Waals surface area contributed by atoms with Gasteiger partial charge in [0.2, 0.25) is 5.82 Å². The molecule has 0 bridgehead atoms. The van der Waals surface area contributed by atoms with Crippen LogP contribution in [0.5, 0.6) is 5.75 Å². The first kappa shape index (κ1) is 26.5. The topological polar surface area (TPSA) is 108 Å². The van der Waals surface area contributed by atoms with Crippen molar-refractivity contribution in [3.63, 3.8) is 0 Å². The molecule has 12 heteroatoms. The van der Waals surface area contributed by atoms with Gasteiger partial charge in [0.25, 0.3) is 0 Å². The predicted octanol–water partition coefficient (Wildman–Crippen LogP) is 3.17. The van der Waals surface area contributed by atoms with Crippen LogP contribution in [-0.2, 0) is 0 Å². The SMILES string of the molecule is C[C@H]1CCN(c2cc(-c3ccccc3O)nnc2N)CCN1c1ccnc(C#CC2CN(CC(F)(F)F)C2)n1. The van der Waals surface area contributed by atoms with Gasteiger partial charge in [-0.3, -0.25) is 4.90 Å². The first-order valence-electron chi connectivity index (χ1n) is 12.7. The molecule has 0 amide bonds. The van der Waals surface area contributed by atoms with Crippen molar-refractivity contribution in [1.82, 2.24) is 25.1 Å². The zero-order chi connectivity index (χ0) is 27.6. The molecule has 2 aliphatic heterocycles. The fraction of sp³-hybridized carbons (Fsp3) is 0.407. The zero-order valence-electron chi connectivity index (χ0n) is 21.4. The molecule has 204 valence electrons. The summed E-state index contributed by atoms with van der Waals surface area (Å²) in [4.78, 5) is 14.6. The Labute approximate surface area is 224 Å². The Bertz CT molecular complexity index is 1380. The highest BCUT2D eigenvalue weighted by Crippen LogP contribution is 2.32. The maximum atomic E-state index is 12.5. The number of aromatic nitrogens is 4. The lowest BCUT2D eigenvalue weighted by Crippen LogP contribution is -2.49. The van der Waals surface area contributed by atoms with E-state index in [1.54, 1.807) is 24.4 Å². The van der Waals surface area contributed by atoms with Crippen molar-refractivity contribution in [3.05, 3.63) is 48.4 Å². The van der Waals surface area contributed by atoms with Crippen molar-refractivity contribution in [2.45, 2.75) is 25.6 Å². The molecular weight excluding hydrogens is 509 g/mol. The third-order valence-corrected chi connectivity index (χ3v) is 6.97. The number of hydrogen-bond donors (Lipinski definition) is 2. The van der Waals surface area contributed by atoms with Gasteiger partial charge in [0, 0.05) is 56.4 Å². The fourth-order valence-corrected chi connectivity index (χ4v) is 4.89. The quantitative estimate of drug-likeness (QED) is 0.485. The third kappa shape index (κ3) is 6.31. The van der Waals surface area contributed by atoms with Gasteiger partial charge in [0.15, 0.2) is 5.82 Å². The standard InChI is InChI=1S/C27H29F3N8O/c1-18-9-11-37(22-14-21(34-35-26(22)31)20-4-2-3-5-23(20)39)12-13-38(18)25-8-10-32-24(33-25)7-6-19-15-36(16-19)17-27(28,29)30/h2-5,8,10,14,18-19,39H,9,11-13,15-17H2,1H3,(H2,31,35)/t18-/m0/s1. The summed E-state index contributed by atoms with van der Waals surface area (Å²) < 4.78 is 37.5. The first-order valence-corrected chi connectivity index (χ1v) is 12.7. The van der Waals surface area contributed by atoms with Crippen LogP contribution in [0.3, 0.4) is 0 Å². The minimum atomic E-state index is -4.19. The lowest BCUT2D eigenvalue weighted by Gasteiger charge is -2.36. The number of phenols is 1. The lowest BCUT2D eigenvalue weighted by atomic mass is 10.0. The van der Waals surface area contributed by atoms with Crippen molar-refractivity contribution in [3.8, 4) is 28.8 Å². The molecule has 0 aliphatic carbocycles. The van der Waals surface area contributed by atoms with Gasteiger partial charge in [-0.15, -0.1) is 10.2 Å². The van der Waals surface area contributed by atoms with Crippen molar-refractivity contribution < 1.29 is 18.3 Å². The normalized spacial score (nSPS) is 18.7. The van der Waals surface area contributed by atoms with E-state index < -0.39 is 12.7 Å². The molecule has 0 saturated carbocycles. The number of benzene rings is 1. The van der Waals surface area contributed by atoms with Gasteiger partial charge in [-0.1, -0.05) is 18.1 Å². The zero-order valence-corrected chi connectivity index (χ0v) is 21.4. The van der Waals surface area contributed by atoms with E-state index in [1.165, 1.54) is 4.90 Å². The Morgan fingerprint density at radius 2 is 1.90 bits per heavy atom. The van der Waals surface area contributed by atoms with Crippen molar-refractivity contribution in [2.24, 2.45) is 5.92 Å². The summed E-state index contributed by atoms with van der Waals surface area (Å²) in [6.45, 7) is 3.87. The van der Waals surface area contributed by atoms with Gasteiger partial charge in [-0.25, -0.2) is 9.97 Å². The molecule has 2 aromatic heterocycles. The summed E-state index contributed by atoms with van der Waals surface area (Å²) in [6, 6.07) is 10.8. The molecule has 39 heavy (non-hydrogen) atoms. The van der Waals surface area contributed by atoms with Crippen LogP contribution in [0.1, 0.15) is 19.2 Å². The van der Waals surface area contributed by atoms with Crippen molar-refractivity contribution >= 4 is 17.3 Å². The van der Waals surface area contributed by atoms with Crippen molar-refractivity contribution in [2.75, 3.05) is 54.8 Å². The Hall–Kier alpha value is -4.11. The number of anilines is 3. The molecule has 2 fully saturated rings. The largest absolute Gasteiger partial charge is 0.507 e. The maximum absolute atomic E-state index is 12.5. The molecule has 3 N–H and O–H groups in total.